The zero-order valence-electron chi connectivity index (χ0n) is 10.6. The first kappa shape index (κ1) is 12.2. The molecular weight excluding hydrogens is 214 g/mol. The van der Waals surface area contributed by atoms with Crippen LogP contribution in [0.4, 0.5) is 11.4 Å². The second-order valence-corrected chi connectivity index (χ2v) is 4.66. The number of nitrogens with one attached hydrogen (secondary N) is 1. The second-order valence-electron chi connectivity index (χ2n) is 4.66. The summed E-state index contributed by atoms with van der Waals surface area (Å²) in [6.45, 7) is 5.68. The largest absolute Gasteiger partial charge is 0.398 e. The van der Waals surface area contributed by atoms with Crippen LogP contribution in [-0.4, -0.2) is 44.3 Å². The van der Waals surface area contributed by atoms with Gasteiger partial charge in [0.25, 0.3) is 0 Å². The van der Waals surface area contributed by atoms with E-state index in [0.717, 1.165) is 43.2 Å². The van der Waals surface area contributed by atoms with E-state index in [9.17, 15) is 0 Å². The maximum Gasteiger partial charge on any atom is 0.0874 e. The molecule has 1 aliphatic rings. The van der Waals surface area contributed by atoms with E-state index in [4.69, 9.17) is 10.5 Å². The van der Waals surface area contributed by atoms with Crippen LogP contribution < -0.4 is 11.1 Å². The third-order valence-electron chi connectivity index (χ3n) is 3.24. The van der Waals surface area contributed by atoms with E-state index in [-0.39, 0.29) is 6.10 Å². The SMILES string of the molecule is Cc1c(N)cccc1NCC1CN(C)CCO1. The molecule has 1 atom stereocenters. The molecule has 3 N–H and O–H groups in total. The minimum Gasteiger partial charge on any atom is -0.398 e. The molecule has 0 aliphatic carbocycles. The molecule has 0 radical (unpaired) electrons. The first-order valence-electron chi connectivity index (χ1n) is 6.06. The first-order valence-corrected chi connectivity index (χ1v) is 6.06. The Morgan fingerprint density at radius 1 is 1.53 bits per heavy atom. The molecule has 0 spiro atoms. The van der Waals surface area contributed by atoms with E-state index in [0.29, 0.717) is 0 Å². The van der Waals surface area contributed by atoms with Crippen LogP contribution in [0, 0.1) is 6.92 Å². The standard InChI is InChI=1S/C13H21N3O/c1-10-12(14)4-3-5-13(10)15-8-11-9-16(2)6-7-17-11/h3-5,11,15H,6-9,14H2,1-2H3. The number of ether oxygens (including phenoxy) is 1. The molecular formula is C13H21N3O. The predicted octanol–water partition coefficient (Wildman–Crippen LogP) is 1.32. The monoisotopic (exact) mass is 235 g/mol. The second kappa shape index (κ2) is 5.38. The normalized spacial score (nSPS) is 21.4. The fraction of sp³-hybridized carbons (Fsp3) is 0.538. The summed E-state index contributed by atoms with van der Waals surface area (Å²) < 4.78 is 5.70. The van der Waals surface area contributed by atoms with Crippen LogP contribution in [-0.2, 0) is 4.74 Å². The number of morpholine rings is 1. The molecule has 0 aromatic heterocycles. The maximum absolute atomic E-state index is 5.87. The number of rotatable bonds is 3. The van der Waals surface area contributed by atoms with Gasteiger partial charge in [-0.25, -0.2) is 0 Å². The molecule has 1 aromatic carbocycles. The van der Waals surface area contributed by atoms with Crippen molar-refractivity contribution in [3.8, 4) is 0 Å². The van der Waals surface area contributed by atoms with Crippen LogP contribution in [0.1, 0.15) is 5.56 Å². The minimum absolute atomic E-state index is 0.259. The molecule has 94 valence electrons. The Balaban J connectivity index is 1.91. The van der Waals surface area contributed by atoms with Crippen molar-refractivity contribution < 1.29 is 4.74 Å². The number of hydrogen-bond acceptors (Lipinski definition) is 4. The first-order chi connectivity index (χ1) is 8.16. The third kappa shape index (κ3) is 3.11. The lowest BCUT2D eigenvalue weighted by Gasteiger charge is -2.30. The molecule has 4 nitrogen and oxygen atoms in total. The highest BCUT2D eigenvalue weighted by molar-refractivity contribution is 5.62. The summed E-state index contributed by atoms with van der Waals surface area (Å²) in [5.41, 5.74) is 8.91. The summed E-state index contributed by atoms with van der Waals surface area (Å²) in [6, 6.07) is 5.95. The van der Waals surface area contributed by atoms with Gasteiger partial charge in [0.05, 0.1) is 12.7 Å². The lowest BCUT2D eigenvalue weighted by Crippen LogP contribution is -2.43. The molecule has 2 rings (SSSR count). The fourth-order valence-electron chi connectivity index (χ4n) is 2.06. The van der Waals surface area contributed by atoms with Gasteiger partial charge in [0.15, 0.2) is 0 Å². The highest BCUT2D eigenvalue weighted by atomic mass is 16.5. The van der Waals surface area contributed by atoms with E-state index in [1.54, 1.807) is 0 Å². The van der Waals surface area contributed by atoms with Gasteiger partial charge in [-0.3, -0.25) is 0 Å². The summed E-state index contributed by atoms with van der Waals surface area (Å²) in [5.74, 6) is 0. The lowest BCUT2D eigenvalue weighted by molar-refractivity contribution is -0.0117. The number of likely N-dealkylation sites (N-methyl/N-ethyl adjacent to an activating group) is 1. The van der Waals surface area contributed by atoms with Crippen LogP contribution in [0.5, 0.6) is 0 Å². The van der Waals surface area contributed by atoms with Crippen LogP contribution >= 0.6 is 0 Å². The summed E-state index contributed by atoms with van der Waals surface area (Å²) in [6.07, 6.45) is 0.259. The maximum atomic E-state index is 5.87. The molecule has 1 aromatic rings. The lowest BCUT2D eigenvalue weighted by atomic mass is 10.1. The molecule has 4 heteroatoms. The molecule has 1 aliphatic heterocycles. The Kier molecular flexibility index (Phi) is 3.86. The number of nitrogens with two attached hydrogens (primary N) is 1. The number of anilines is 2. The molecule has 1 fully saturated rings. The van der Waals surface area contributed by atoms with E-state index in [2.05, 4.69) is 23.3 Å². The Bertz CT molecular complexity index is 381. The highest BCUT2D eigenvalue weighted by Gasteiger charge is 2.17. The van der Waals surface area contributed by atoms with E-state index in [1.165, 1.54) is 0 Å². The predicted molar refractivity (Wildman–Crippen MR) is 71.3 cm³/mol. The van der Waals surface area contributed by atoms with Crippen molar-refractivity contribution in [3.05, 3.63) is 23.8 Å². The van der Waals surface area contributed by atoms with Gasteiger partial charge >= 0.3 is 0 Å². The van der Waals surface area contributed by atoms with E-state index >= 15 is 0 Å². The van der Waals surface area contributed by atoms with Crippen molar-refractivity contribution in [1.29, 1.82) is 0 Å². The van der Waals surface area contributed by atoms with Gasteiger partial charge in [-0.05, 0) is 31.7 Å². The fourth-order valence-corrected chi connectivity index (χ4v) is 2.06. The topological polar surface area (TPSA) is 50.5 Å². The van der Waals surface area contributed by atoms with Gasteiger partial charge in [-0.1, -0.05) is 6.07 Å². The van der Waals surface area contributed by atoms with Gasteiger partial charge < -0.3 is 20.7 Å². The van der Waals surface area contributed by atoms with E-state index in [1.807, 2.05) is 19.1 Å². The molecule has 0 amide bonds. The van der Waals surface area contributed by atoms with E-state index < -0.39 is 0 Å². The summed E-state index contributed by atoms with van der Waals surface area (Å²) in [7, 11) is 2.13. The molecule has 1 saturated heterocycles. The van der Waals surface area contributed by atoms with Crippen molar-refractivity contribution in [2.75, 3.05) is 44.3 Å². The Morgan fingerprint density at radius 2 is 2.35 bits per heavy atom. The Labute approximate surface area is 103 Å². The third-order valence-corrected chi connectivity index (χ3v) is 3.24. The average Bonchev–Trinajstić information content (AvgIpc) is 2.31. The van der Waals surface area contributed by atoms with Crippen LogP contribution in [0.3, 0.4) is 0 Å². The minimum atomic E-state index is 0.259. The average molecular weight is 235 g/mol. The Morgan fingerprint density at radius 3 is 3.12 bits per heavy atom. The zero-order valence-corrected chi connectivity index (χ0v) is 10.6. The molecule has 1 unspecified atom stereocenters. The molecule has 0 bridgehead atoms. The van der Waals surface area contributed by atoms with Crippen molar-refractivity contribution in [3.63, 3.8) is 0 Å². The Hall–Kier alpha value is -1.26. The number of hydrogen-bond donors (Lipinski definition) is 2. The van der Waals surface area contributed by atoms with Crippen molar-refractivity contribution in [2.45, 2.75) is 13.0 Å². The summed E-state index contributed by atoms with van der Waals surface area (Å²) >= 11 is 0. The van der Waals surface area contributed by atoms with Gasteiger partial charge in [0, 0.05) is 31.0 Å². The highest BCUT2D eigenvalue weighted by Crippen LogP contribution is 2.20. The van der Waals surface area contributed by atoms with Crippen LogP contribution in [0.25, 0.3) is 0 Å². The van der Waals surface area contributed by atoms with Crippen molar-refractivity contribution in [1.82, 2.24) is 4.90 Å². The number of benzene rings is 1. The summed E-state index contributed by atoms with van der Waals surface area (Å²) in [5, 5.41) is 3.41. The number of nitrogen functional groups attached to an aromatic ring is 1. The molecule has 1 heterocycles. The number of nitrogens with zero attached hydrogens (tertiary/aromatic N) is 1. The quantitative estimate of drug-likeness (QED) is 0.776. The van der Waals surface area contributed by atoms with Gasteiger partial charge in [0.1, 0.15) is 0 Å². The van der Waals surface area contributed by atoms with Gasteiger partial charge in [0.2, 0.25) is 0 Å². The van der Waals surface area contributed by atoms with Gasteiger partial charge in [-0.15, -0.1) is 0 Å². The smallest absolute Gasteiger partial charge is 0.0874 e. The van der Waals surface area contributed by atoms with Crippen LogP contribution in [0.2, 0.25) is 0 Å². The molecule has 17 heavy (non-hydrogen) atoms. The molecule has 0 saturated carbocycles. The van der Waals surface area contributed by atoms with Crippen molar-refractivity contribution >= 4 is 11.4 Å². The zero-order chi connectivity index (χ0) is 12.3. The summed E-state index contributed by atoms with van der Waals surface area (Å²) in [4.78, 5) is 2.29. The van der Waals surface area contributed by atoms with Gasteiger partial charge in [-0.2, -0.15) is 0 Å². The van der Waals surface area contributed by atoms with Crippen LogP contribution in [0.15, 0.2) is 18.2 Å². The van der Waals surface area contributed by atoms with Crippen molar-refractivity contribution in [2.24, 2.45) is 0 Å².